The Morgan fingerprint density at radius 2 is 1.93 bits per heavy atom. The summed E-state index contributed by atoms with van der Waals surface area (Å²) < 4.78 is 0. The molecule has 0 atom stereocenters. The summed E-state index contributed by atoms with van der Waals surface area (Å²) in [7, 11) is 0. The minimum absolute atomic E-state index is 0.370. The molecule has 0 aliphatic heterocycles. The second-order valence-electron chi connectivity index (χ2n) is 4.07. The highest BCUT2D eigenvalue weighted by Crippen LogP contribution is 2.39. The van der Waals surface area contributed by atoms with Crippen LogP contribution in [0.25, 0.3) is 6.08 Å². The van der Waals surface area contributed by atoms with Gasteiger partial charge in [-0.25, -0.2) is 4.79 Å². The molecule has 0 unspecified atom stereocenters. The fraction of sp³-hybridized carbons (Fsp3) is 0.308. The van der Waals surface area contributed by atoms with E-state index in [0.29, 0.717) is 5.57 Å². The Morgan fingerprint density at radius 3 is 2.40 bits per heavy atom. The van der Waals surface area contributed by atoms with Crippen molar-refractivity contribution >= 4 is 12.0 Å². The summed E-state index contributed by atoms with van der Waals surface area (Å²) in [6, 6.07) is 8.16. The zero-order valence-electron chi connectivity index (χ0n) is 8.73. The minimum Gasteiger partial charge on any atom is -0.478 e. The zero-order chi connectivity index (χ0) is 10.8. The maximum Gasteiger partial charge on any atom is 0.331 e. The molecule has 1 N–H and O–H groups in total. The van der Waals surface area contributed by atoms with Crippen LogP contribution in [0.1, 0.15) is 36.8 Å². The number of carbonyl (C=O) groups is 1. The molecule has 1 aliphatic carbocycles. The number of carboxylic acids is 1. The lowest BCUT2D eigenvalue weighted by Crippen LogP contribution is -1.95. The van der Waals surface area contributed by atoms with Crippen LogP contribution in [0.2, 0.25) is 0 Å². The summed E-state index contributed by atoms with van der Waals surface area (Å²) in [6.07, 6.45) is 4.28. The first-order valence-corrected chi connectivity index (χ1v) is 5.18. The van der Waals surface area contributed by atoms with Gasteiger partial charge in [-0.1, -0.05) is 24.3 Å². The topological polar surface area (TPSA) is 37.3 Å². The standard InChI is InChI=1S/C13H14O2/c1-9(13(14)15)8-10-2-4-11(5-3-10)12-6-7-12/h2-5,8,12H,6-7H2,1H3,(H,14,15). The molecule has 1 saturated carbocycles. The highest BCUT2D eigenvalue weighted by atomic mass is 16.4. The van der Waals surface area contributed by atoms with Crippen molar-refractivity contribution in [3.63, 3.8) is 0 Å². The van der Waals surface area contributed by atoms with Crippen LogP contribution in [0, 0.1) is 0 Å². The average Bonchev–Trinajstić information content (AvgIpc) is 3.02. The molecular weight excluding hydrogens is 188 g/mol. The highest BCUT2D eigenvalue weighted by molar-refractivity contribution is 5.91. The number of rotatable bonds is 3. The second kappa shape index (κ2) is 3.89. The number of carboxylic acid groups (broad SMARTS) is 1. The fourth-order valence-corrected chi connectivity index (χ4v) is 1.59. The van der Waals surface area contributed by atoms with Crippen molar-refractivity contribution in [1.29, 1.82) is 0 Å². The van der Waals surface area contributed by atoms with E-state index in [1.165, 1.54) is 18.4 Å². The first-order valence-electron chi connectivity index (χ1n) is 5.18. The Balaban J connectivity index is 2.16. The molecule has 78 valence electrons. The van der Waals surface area contributed by atoms with E-state index in [1.807, 2.05) is 12.1 Å². The van der Waals surface area contributed by atoms with Gasteiger partial charge in [0.2, 0.25) is 0 Å². The molecule has 0 bridgehead atoms. The van der Waals surface area contributed by atoms with Crippen LogP contribution in [-0.4, -0.2) is 11.1 Å². The summed E-state index contributed by atoms with van der Waals surface area (Å²) in [5.41, 5.74) is 2.70. The van der Waals surface area contributed by atoms with Crippen molar-refractivity contribution in [3.05, 3.63) is 41.0 Å². The van der Waals surface area contributed by atoms with E-state index in [9.17, 15) is 4.79 Å². The lowest BCUT2D eigenvalue weighted by molar-refractivity contribution is -0.132. The molecule has 0 heterocycles. The third kappa shape index (κ3) is 2.46. The Morgan fingerprint density at radius 1 is 1.33 bits per heavy atom. The third-order valence-corrected chi connectivity index (χ3v) is 2.71. The van der Waals surface area contributed by atoms with Crippen molar-refractivity contribution < 1.29 is 9.90 Å². The predicted molar refractivity (Wildman–Crippen MR) is 59.7 cm³/mol. The normalized spacial score (nSPS) is 16.5. The molecule has 2 rings (SSSR count). The third-order valence-electron chi connectivity index (χ3n) is 2.71. The van der Waals surface area contributed by atoms with E-state index < -0.39 is 5.97 Å². The quantitative estimate of drug-likeness (QED) is 0.765. The lowest BCUT2D eigenvalue weighted by atomic mass is 10.1. The van der Waals surface area contributed by atoms with Gasteiger partial charge in [-0.3, -0.25) is 0 Å². The molecule has 0 radical (unpaired) electrons. The van der Waals surface area contributed by atoms with E-state index in [1.54, 1.807) is 13.0 Å². The van der Waals surface area contributed by atoms with Gasteiger partial charge in [0.15, 0.2) is 0 Å². The summed E-state index contributed by atoms with van der Waals surface area (Å²) in [5, 5.41) is 8.73. The smallest absolute Gasteiger partial charge is 0.331 e. The van der Waals surface area contributed by atoms with Crippen molar-refractivity contribution in [3.8, 4) is 0 Å². The maximum atomic E-state index is 10.6. The van der Waals surface area contributed by atoms with Gasteiger partial charge < -0.3 is 5.11 Å². The van der Waals surface area contributed by atoms with Gasteiger partial charge in [0, 0.05) is 5.57 Å². The van der Waals surface area contributed by atoms with Crippen LogP contribution in [0.3, 0.4) is 0 Å². The lowest BCUT2D eigenvalue weighted by Gasteiger charge is -1.99. The van der Waals surface area contributed by atoms with Crippen molar-refractivity contribution in [2.45, 2.75) is 25.7 Å². The van der Waals surface area contributed by atoms with Gasteiger partial charge in [0.05, 0.1) is 0 Å². The molecule has 2 nitrogen and oxygen atoms in total. The van der Waals surface area contributed by atoms with E-state index in [0.717, 1.165) is 11.5 Å². The predicted octanol–water partition coefficient (Wildman–Crippen LogP) is 3.05. The summed E-state index contributed by atoms with van der Waals surface area (Å²) in [6.45, 7) is 1.61. The molecular formula is C13H14O2. The first kappa shape index (κ1) is 9.97. The van der Waals surface area contributed by atoms with E-state index in [4.69, 9.17) is 5.11 Å². The summed E-state index contributed by atoms with van der Waals surface area (Å²) >= 11 is 0. The SMILES string of the molecule is CC(=Cc1ccc(C2CC2)cc1)C(=O)O. The van der Waals surface area contributed by atoms with Crippen LogP contribution >= 0.6 is 0 Å². The van der Waals surface area contributed by atoms with Gasteiger partial charge >= 0.3 is 5.97 Å². The Hall–Kier alpha value is -1.57. The van der Waals surface area contributed by atoms with Crippen molar-refractivity contribution in [1.82, 2.24) is 0 Å². The molecule has 0 aromatic heterocycles. The van der Waals surface area contributed by atoms with E-state index in [-0.39, 0.29) is 0 Å². The van der Waals surface area contributed by atoms with Crippen LogP contribution in [-0.2, 0) is 4.79 Å². The molecule has 0 amide bonds. The van der Waals surface area contributed by atoms with Gasteiger partial charge in [-0.05, 0) is 42.9 Å². The second-order valence-corrected chi connectivity index (χ2v) is 4.07. The van der Waals surface area contributed by atoms with Gasteiger partial charge in [0.1, 0.15) is 0 Å². The van der Waals surface area contributed by atoms with E-state index >= 15 is 0 Å². The molecule has 0 saturated heterocycles. The summed E-state index contributed by atoms with van der Waals surface area (Å²) in [5.74, 6) is -0.107. The van der Waals surface area contributed by atoms with Crippen LogP contribution < -0.4 is 0 Å². The Bertz CT molecular complexity index is 397. The molecule has 1 aromatic carbocycles. The number of benzene rings is 1. The molecule has 2 heteroatoms. The van der Waals surface area contributed by atoms with Crippen LogP contribution in [0.4, 0.5) is 0 Å². The Labute approximate surface area is 89.2 Å². The zero-order valence-corrected chi connectivity index (χ0v) is 8.73. The molecule has 0 spiro atoms. The number of hydrogen-bond donors (Lipinski definition) is 1. The van der Waals surface area contributed by atoms with Gasteiger partial charge in [0.25, 0.3) is 0 Å². The van der Waals surface area contributed by atoms with Gasteiger partial charge in [-0.15, -0.1) is 0 Å². The number of hydrogen-bond acceptors (Lipinski definition) is 1. The fourth-order valence-electron chi connectivity index (χ4n) is 1.59. The highest BCUT2D eigenvalue weighted by Gasteiger charge is 2.22. The first-order chi connectivity index (χ1) is 7.16. The van der Waals surface area contributed by atoms with Crippen LogP contribution in [0.15, 0.2) is 29.8 Å². The minimum atomic E-state index is -0.860. The average molecular weight is 202 g/mol. The molecule has 1 fully saturated rings. The van der Waals surface area contributed by atoms with Crippen molar-refractivity contribution in [2.24, 2.45) is 0 Å². The van der Waals surface area contributed by atoms with Gasteiger partial charge in [-0.2, -0.15) is 0 Å². The Kier molecular flexibility index (Phi) is 2.58. The van der Waals surface area contributed by atoms with Crippen molar-refractivity contribution in [2.75, 3.05) is 0 Å². The maximum absolute atomic E-state index is 10.6. The van der Waals surface area contributed by atoms with E-state index in [2.05, 4.69) is 12.1 Å². The largest absolute Gasteiger partial charge is 0.478 e. The summed E-state index contributed by atoms with van der Waals surface area (Å²) in [4.78, 5) is 10.6. The molecule has 1 aliphatic rings. The monoisotopic (exact) mass is 202 g/mol. The molecule has 15 heavy (non-hydrogen) atoms. The molecule has 1 aromatic rings. The van der Waals surface area contributed by atoms with Crippen LogP contribution in [0.5, 0.6) is 0 Å². The number of aliphatic carboxylic acids is 1.